The van der Waals surface area contributed by atoms with E-state index in [1.165, 1.54) is 11.6 Å². The van der Waals surface area contributed by atoms with Crippen LogP contribution >= 0.6 is 11.6 Å². The van der Waals surface area contributed by atoms with Crippen LogP contribution in [0.3, 0.4) is 0 Å². The molecule has 0 amide bonds. The first-order valence-corrected chi connectivity index (χ1v) is 14.8. The van der Waals surface area contributed by atoms with E-state index in [0.29, 0.717) is 39.9 Å². The van der Waals surface area contributed by atoms with E-state index in [0.717, 1.165) is 61.3 Å². The fraction of sp³-hybridized carbons (Fsp3) is 0.303. The molecule has 0 spiro atoms. The number of fused-ring (bicyclic) bond motifs is 2. The van der Waals surface area contributed by atoms with Crippen LogP contribution < -0.4 is 4.74 Å². The predicted octanol–water partition coefficient (Wildman–Crippen LogP) is 7.46. The molecule has 7 rings (SSSR count). The number of hydrogen-bond donors (Lipinski definition) is 1. The molecule has 2 atom stereocenters. The van der Waals surface area contributed by atoms with Crippen molar-refractivity contribution in [1.29, 1.82) is 0 Å². The Balaban J connectivity index is 1.05. The lowest BCUT2D eigenvalue weighted by Crippen LogP contribution is -2.32. The molecule has 1 aliphatic carbocycles. The number of hydrogen-bond acceptors (Lipinski definition) is 6. The van der Waals surface area contributed by atoms with Crippen molar-refractivity contribution in [3.63, 3.8) is 0 Å². The fourth-order valence-corrected chi connectivity index (χ4v) is 6.12. The number of aromatic nitrogens is 3. The first-order valence-electron chi connectivity index (χ1n) is 14.4. The van der Waals surface area contributed by atoms with Gasteiger partial charge in [0.1, 0.15) is 18.0 Å². The third-order valence-corrected chi connectivity index (χ3v) is 8.68. The molecule has 2 aromatic carbocycles. The van der Waals surface area contributed by atoms with Crippen molar-refractivity contribution in [1.82, 2.24) is 14.5 Å². The van der Waals surface area contributed by atoms with Crippen molar-refractivity contribution >= 4 is 45.1 Å². The lowest BCUT2D eigenvalue weighted by molar-refractivity contribution is -0.0590. The smallest absolute Gasteiger partial charge is 0.335 e. The van der Waals surface area contributed by atoms with E-state index in [2.05, 4.69) is 10.6 Å². The molecule has 8 nitrogen and oxygen atoms in total. The van der Waals surface area contributed by atoms with Gasteiger partial charge in [0.05, 0.1) is 40.0 Å². The van der Waals surface area contributed by atoms with Gasteiger partial charge in [-0.15, -0.1) is 0 Å². The molecule has 1 N–H and O–H groups in total. The van der Waals surface area contributed by atoms with Gasteiger partial charge in [-0.2, -0.15) is 4.39 Å². The van der Waals surface area contributed by atoms with Gasteiger partial charge in [0.25, 0.3) is 6.01 Å². The molecule has 0 radical (unpaired) electrons. The van der Waals surface area contributed by atoms with Gasteiger partial charge in [-0.25, -0.2) is 14.8 Å². The highest BCUT2D eigenvalue weighted by Gasteiger charge is 2.25. The molecular weight excluding hydrogens is 573 g/mol. The molecule has 1 saturated heterocycles. The van der Waals surface area contributed by atoms with Crippen molar-refractivity contribution in [3.05, 3.63) is 94.4 Å². The number of furan rings is 1. The molecule has 0 unspecified atom stereocenters. The highest BCUT2D eigenvalue weighted by atomic mass is 35.5. The average Bonchev–Trinajstić information content (AvgIpc) is 3.55. The van der Waals surface area contributed by atoms with E-state index in [-0.39, 0.29) is 18.3 Å². The number of halogens is 2. The van der Waals surface area contributed by atoms with Crippen LogP contribution in [-0.4, -0.2) is 38.3 Å². The van der Waals surface area contributed by atoms with Gasteiger partial charge < -0.3 is 23.6 Å². The lowest BCUT2D eigenvalue weighted by atomic mass is 9.86. The number of carboxylic acid groups (broad SMARTS) is 1. The summed E-state index contributed by atoms with van der Waals surface area (Å²) < 4.78 is 32.7. The molecule has 0 bridgehead atoms. The normalized spacial score (nSPS) is 18.5. The summed E-state index contributed by atoms with van der Waals surface area (Å²) in [6.45, 7) is 1.60. The minimum absolute atomic E-state index is 0.133. The Bertz CT molecular complexity index is 1880. The fourth-order valence-electron chi connectivity index (χ4n) is 5.92. The maximum Gasteiger partial charge on any atom is 0.335 e. The molecule has 220 valence electrons. The van der Waals surface area contributed by atoms with Gasteiger partial charge in [-0.3, -0.25) is 0 Å². The van der Waals surface area contributed by atoms with Crippen molar-refractivity contribution < 1.29 is 28.2 Å². The molecule has 0 saturated carbocycles. The molecule has 5 aromatic rings. The number of benzene rings is 2. The quantitative estimate of drug-likeness (QED) is 0.187. The molecule has 3 aromatic heterocycles. The second-order valence-corrected chi connectivity index (χ2v) is 11.6. The van der Waals surface area contributed by atoms with E-state index in [4.69, 9.17) is 35.5 Å². The molecular formula is C33H29ClFN3O5. The number of pyridine rings is 1. The van der Waals surface area contributed by atoms with E-state index in [1.807, 2.05) is 12.1 Å². The predicted molar refractivity (Wildman–Crippen MR) is 160 cm³/mol. The SMILES string of the molecule is O=C(O)c1ccc2nc(C[C@@H]3CC=C(c4cccc(OCc5ccc(Cl)c6cc(F)oc56)n4)CC3)n(C[C@@H]3CCO3)c2c1. The Hall–Kier alpha value is -4.21. The van der Waals surface area contributed by atoms with Crippen molar-refractivity contribution in [3.8, 4) is 5.88 Å². The van der Waals surface area contributed by atoms with E-state index in [9.17, 15) is 14.3 Å². The molecule has 1 aliphatic heterocycles. The summed E-state index contributed by atoms with van der Waals surface area (Å²) in [7, 11) is 0. The van der Waals surface area contributed by atoms with Crippen LogP contribution in [-0.2, 0) is 24.3 Å². The first kappa shape index (κ1) is 27.6. The number of carbonyl (C=O) groups is 1. The van der Waals surface area contributed by atoms with Gasteiger partial charge in [0.15, 0.2) is 0 Å². The number of ether oxygens (including phenoxy) is 2. The van der Waals surface area contributed by atoms with E-state index in [1.54, 1.807) is 36.4 Å². The summed E-state index contributed by atoms with van der Waals surface area (Å²) in [5.41, 5.74) is 5.01. The van der Waals surface area contributed by atoms with Crippen molar-refractivity contribution in [2.24, 2.45) is 5.92 Å². The first-order chi connectivity index (χ1) is 20.9. The van der Waals surface area contributed by atoms with Gasteiger partial charge in [-0.05, 0) is 67.5 Å². The average molecular weight is 602 g/mol. The summed E-state index contributed by atoms with van der Waals surface area (Å²) in [5.74, 6) is 0.903. The summed E-state index contributed by atoms with van der Waals surface area (Å²) in [5, 5.41) is 10.5. The van der Waals surface area contributed by atoms with Crippen LogP contribution in [0.2, 0.25) is 5.02 Å². The third-order valence-electron chi connectivity index (χ3n) is 8.35. The van der Waals surface area contributed by atoms with Crippen LogP contribution in [0.25, 0.3) is 27.6 Å². The molecule has 10 heteroatoms. The molecule has 4 heterocycles. The van der Waals surface area contributed by atoms with Crippen LogP contribution in [0.15, 0.2) is 65.1 Å². The lowest BCUT2D eigenvalue weighted by Gasteiger charge is -2.28. The van der Waals surface area contributed by atoms with Crippen LogP contribution in [0.5, 0.6) is 5.88 Å². The largest absolute Gasteiger partial charge is 0.478 e. The number of allylic oxidation sites excluding steroid dienone is 2. The zero-order valence-electron chi connectivity index (χ0n) is 23.3. The zero-order chi connectivity index (χ0) is 29.5. The maximum atomic E-state index is 13.7. The third kappa shape index (κ3) is 5.62. The maximum absolute atomic E-state index is 13.7. The Morgan fingerprint density at radius 1 is 1.14 bits per heavy atom. The van der Waals surface area contributed by atoms with Gasteiger partial charge in [0.2, 0.25) is 5.88 Å². The number of nitrogens with zero attached hydrogens (tertiary/aromatic N) is 3. The summed E-state index contributed by atoms with van der Waals surface area (Å²) in [6, 6.07) is 14.9. The Morgan fingerprint density at radius 3 is 2.79 bits per heavy atom. The minimum atomic E-state index is -0.945. The zero-order valence-corrected chi connectivity index (χ0v) is 24.0. The second kappa shape index (κ2) is 11.5. The molecule has 43 heavy (non-hydrogen) atoms. The number of imidazole rings is 1. The highest BCUT2D eigenvalue weighted by Crippen LogP contribution is 2.34. The van der Waals surface area contributed by atoms with E-state index < -0.39 is 12.0 Å². The Labute approximate surface area is 251 Å². The standard InChI is InChI=1S/C33H29ClFN3O5/c34-25-10-8-22(32-24(25)16-29(35)43-32)18-42-31-3-1-2-26(37-31)20-6-4-19(5-7-20)14-30-36-27-11-9-21(33(39)40)15-28(27)38(30)17-23-12-13-41-23/h1-3,6,8-11,15-16,19,23H,4-5,7,12-14,17-18H2,(H,39,40)/t19-,23+/m1/s1. The summed E-state index contributed by atoms with van der Waals surface area (Å²) >= 11 is 6.18. The Kier molecular flexibility index (Phi) is 7.36. The molecule has 2 aliphatic rings. The van der Waals surface area contributed by atoms with Gasteiger partial charge in [0, 0.05) is 36.1 Å². The molecule has 1 fully saturated rings. The van der Waals surface area contributed by atoms with Crippen LogP contribution in [0.4, 0.5) is 4.39 Å². The van der Waals surface area contributed by atoms with Gasteiger partial charge in [-0.1, -0.05) is 29.8 Å². The summed E-state index contributed by atoms with van der Waals surface area (Å²) in [6.07, 6.45) is 6.92. The van der Waals surface area contributed by atoms with Crippen LogP contribution in [0.1, 0.15) is 53.1 Å². The minimum Gasteiger partial charge on any atom is -0.478 e. The second-order valence-electron chi connectivity index (χ2n) is 11.2. The number of aromatic carboxylic acids is 1. The topological polar surface area (TPSA) is 99.6 Å². The van der Waals surface area contributed by atoms with E-state index >= 15 is 0 Å². The number of rotatable bonds is 9. The van der Waals surface area contributed by atoms with Crippen molar-refractivity contribution in [2.45, 2.75) is 51.4 Å². The van der Waals surface area contributed by atoms with Crippen LogP contribution in [0, 0.1) is 11.9 Å². The monoisotopic (exact) mass is 601 g/mol. The van der Waals surface area contributed by atoms with Gasteiger partial charge >= 0.3 is 5.97 Å². The van der Waals surface area contributed by atoms with Crippen molar-refractivity contribution in [2.75, 3.05) is 6.61 Å². The highest BCUT2D eigenvalue weighted by molar-refractivity contribution is 6.35. The Morgan fingerprint density at radius 2 is 2.02 bits per heavy atom. The summed E-state index contributed by atoms with van der Waals surface area (Å²) in [4.78, 5) is 21.2. The number of carboxylic acids is 1.